The lowest BCUT2D eigenvalue weighted by molar-refractivity contribution is -0.122. The minimum atomic E-state index is -0.247. The Morgan fingerprint density at radius 2 is 2.33 bits per heavy atom. The predicted octanol–water partition coefficient (Wildman–Crippen LogP) is 2.52. The van der Waals surface area contributed by atoms with Gasteiger partial charge in [-0.3, -0.25) is 4.79 Å². The van der Waals surface area contributed by atoms with Gasteiger partial charge in [0.2, 0.25) is 5.91 Å². The third-order valence-corrected chi connectivity index (χ3v) is 3.87. The predicted molar refractivity (Wildman–Crippen MR) is 71.7 cm³/mol. The first-order valence-corrected chi connectivity index (χ1v) is 6.83. The van der Waals surface area contributed by atoms with Crippen molar-refractivity contribution in [2.24, 2.45) is 0 Å². The van der Waals surface area contributed by atoms with Gasteiger partial charge in [0, 0.05) is 29.5 Å². The Balaban J connectivity index is 1.98. The highest BCUT2D eigenvalue weighted by molar-refractivity contribution is 9.10. The summed E-state index contributed by atoms with van der Waals surface area (Å²) >= 11 is 3.37. The van der Waals surface area contributed by atoms with E-state index in [9.17, 15) is 9.18 Å². The zero-order valence-electron chi connectivity index (χ0n) is 10.2. The standard InChI is InChI=1S/C13H16BrFN2O/c1-8(11-4-2-9(15)6-12(11)14)17-10-3-5-13(18)16-7-10/h2,4,6,8,10,17H,3,5,7H2,1H3,(H,16,18). The summed E-state index contributed by atoms with van der Waals surface area (Å²) < 4.78 is 13.8. The number of nitrogens with one attached hydrogen (secondary N) is 2. The van der Waals surface area contributed by atoms with E-state index in [1.54, 1.807) is 6.07 Å². The number of hydrogen-bond donors (Lipinski definition) is 2. The number of benzene rings is 1. The van der Waals surface area contributed by atoms with Gasteiger partial charge >= 0.3 is 0 Å². The summed E-state index contributed by atoms with van der Waals surface area (Å²) in [5.41, 5.74) is 1.02. The Labute approximate surface area is 114 Å². The molecule has 2 rings (SSSR count). The average molecular weight is 315 g/mol. The molecule has 1 amide bonds. The van der Waals surface area contributed by atoms with Crippen molar-refractivity contribution in [2.45, 2.75) is 31.8 Å². The second-order valence-electron chi connectivity index (χ2n) is 4.59. The zero-order valence-corrected chi connectivity index (χ0v) is 11.8. The molecular formula is C13H16BrFN2O. The van der Waals surface area contributed by atoms with Gasteiger partial charge < -0.3 is 10.6 Å². The molecule has 2 unspecified atom stereocenters. The molecule has 1 aliphatic rings. The van der Waals surface area contributed by atoms with Gasteiger partial charge in [0.05, 0.1) is 0 Å². The Kier molecular flexibility index (Phi) is 4.35. The van der Waals surface area contributed by atoms with Crippen LogP contribution in [0.1, 0.15) is 31.4 Å². The van der Waals surface area contributed by atoms with Crippen molar-refractivity contribution < 1.29 is 9.18 Å². The minimum absolute atomic E-state index is 0.111. The smallest absolute Gasteiger partial charge is 0.220 e. The summed E-state index contributed by atoms with van der Waals surface area (Å²) in [5, 5.41) is 6.29. The van der Waals surface area contributed by atoms with Crippen LogP contribution in [0.25, 0.3) is 0 Å². The van der Waals surface area contributed by atoms with Crippen molar-refractivity contribution in [1.29, 1.82) is 0 Å². The van der Waals surface area contributed by atoms with E-state index in [1.165, 1.54) is 12.1 Å². The van der Waals surface area contributed by atoms with E-state index in [0.29, 0.717) is 13.0 Å². The van der Waals surface area contributed by atoms with Crippen molar-refractivity contribution in [2.75, 3.05) is 6.54 Å². The van der Waals surface area contributed by atoms with E-state index >= 15 is 0 Å². The largest absolute Gasteiger partial charge is 0.355 e. The molecule has 0 radical (unpaired) electrons. The highest BCUT2D eigenvalue weighted by atomic mass is 79.9. The summed E-state index contributed by atoms with van der Waals surface area (Å²) in [6, 6.07) is 5.09. The van der Waals surface area contributed by atoms with Gasteiger partial charge in [0.25, 0.3) is 0 Å². The Morgan fingerprint density at radius 3 is 2.94 bits per heavy atom. The maximum Gasteiger partial charge on any atom is 0.220 e. The van der Waals surface area contributed by atoms with Crippen LogP contribution < -0.4 is 10.6 Å². The van der Waals surface area contributed by atoms with E-state index in [0.717, 1.165) is 16.5 Å². The van der Waals surface area contributed by atoms with Crippen LogP contribution >= 0.6 is 15.9 Å². The van der Waals surface area contributed by atoms with Gasteiger partial charge in [-0.05, 0) is 31.0 Å². The third-order valence-electron chi connectivity index (χ3n) is 3.18. The van der Waals surface area contributed by atoms with Crippen LogP contribution in [-0.4, -0.2) is 18.5 Å². The quantitative estimate of drug-likeness (QED) is 0.900. The molecule has 0 aliphatic carbocycles. The first-order chi connectivity index (χ1) is 8.56. The summed E-state index contributed by atoms with van der Waals surface area (Å²) in [6.45, 7) is 2.69. The molecule has 5 heteroatoms. The molecule has 1 fully saturated rings. The molecular weight excluding hydrogens is 299 g/mol. The van der Waals surface area contributed by atoms with Crippen molar-refractivity contribution in [3.63, 3.8) is 0 Å². The van der Waals surface area contributed by atoms with Gasteiger partial charge in [0.15, 0.2) is 0 Å². The van der Waals surface area contributed by atoms with Crippen LogP contribution in [0.15, 0.2) is 22.7 Å². The summed E-state index contributed by atoms with van der Waals surface area (Å²) in [5.74, 6) is -0.133. The Hall–Kier alpha value is -0.940. The topological polar surface area (TPSA) is 41.1 Å². The maximum absolute atomic E-state index is 13.0. The normalized spacial score (nSPS) is 21.5. The fourth-order valence-electron chi connectivity index (χ4n) is 2.17. The van der Waals surface area contributed by atoms with Crippen LogP contribution in [0.5, 0.6) is 0 Å². The molecule has 3 nitrogen and oxygen atoms in total. The zero-order chi connectivity index (χ0) is 13.1. The molecule has 1 aromatic carbocycles. The van der Waals surface area contributed by atoms with Gasteiger partial charge in [-0.1, -0.05) is 22.0 Å². The number of carbonyl (C=O) groups is 1. The van der Waals surface area contributed by atoms with Crippen LogP contribution in [0, 0.1) is 5.82 Å². The van der Waals surface area contributed by atoms with E-state index in [2.05, 4.69) is 26.6 Å². The minimum Gasteiger partial charge on any atom is -0.355 e. The van der Waals surface area contributed by atoms with Crippen LogP contribution in [-0.2, 0) is 4.79 Å². The van der Waals surface area contributed by atoms with E-state index in [1.807, 2.05) is 6.92 Å². The lowest BCUT2D eigenvalue weighted by atomic mass is 10.0. The second-order valence-corrected chi connectivity index (χ2v) is 5.45. The molecule has 0 aromatic heterocycles. The molecule has 2 atom stereocenters. The maximum atomic E-state index is 13.0. The number of amides is 1. The van der Waals surface area contributed by atoms with Gasteiger partial charge in [-0.2, -0.15) is 0 Å². The van der Waals surface area contributed by atoms with Crippen LogP contribution in [0.4, 0.5) is 4.39 Å². The van der Waals surface area contributed by atoms with Gasteiger partial charge in [-0.25, -0.2) is 4.39 Å². The monoisotopic (exact) mass is 314 g/mol. The first-order valence-electron chi connectivity index (χ1n) is 6.04. The van der Waals surface area contributed by atoms with Crippen LogP contribution in [0.3, 0.4) is 0 Å². The lowest BCUT2D eigenvalue weighted by Gasteiger charge is -2.27. The fourth-order valence-corrected chi connectivity index (χ4v) is 2.87. The summed E-state index contributed by atoms with van der Waals surface area (Å²) in [7, 11) is 0. The molecule has 1 heterocycles. The molecule has 0 bridgehead atoms. The number of hydrogen-bond acceptors (Lipinski definition) is 2. The van der Waals surface area contributed by atoms with E-state index < -0.39 is 0 Å². The average Bonchev–Trinajstić information content (AvgIpc) is 2.32. The molecule has 1 aliphatic heterocycles. The van der Waals surface area contributed by atoms with Crippen molar-refractivity contribution in [3.8, 4) is 0 Å². The Bertz CT molecular complexity index is 443. The highest BCUT2D eigenvalue weighted by Crippen LogP contribution is 2.25. The SMILES string of the molecule is CC(NC1CCC(=O)NC1)c1ccc(F)cc1Br. The third kappa shape index (κ3) is 3.29. The van der Waals surface area contributed by atoms with Gasteiger partial charge in [0.1, 0.15) is 5.82 Å². The lowest BCUT2D eigenvalue weighted by Crippen LogP contribution is -2.46. The second kappa shape index (κ2) is 5.80. The fraction of sp³-hybridized carbons (Fsp3) is 0.462. The number of carbonyl (C=O) groups excluding carboxylic acids is 1. The Morgan fingerprint density at radius 1 is 1.56 bits per heavy atom. The number of halogens is 2. The van der Waals surface area contributed by atoms with Crippen molar-refractivity contribution in [3.05, 3.63) is 34.1 Å². The number of rotatable bonds is 3. The molecule has 0 saturated carbocycles. The van der Waals surface area contributed by atoms with Gasteiger partial charge in [-0.15, -0.1) is 0 Å². The molecule has 0 spiro atoms. The van der Waals surface area contributed by atoms with Crippen molar-refractivity contribution in [1.82, 2.24) is 10.6 Å². The summed E-state index contributed by atoms with van der Waals surface area (Å²) in [4.78, 5) is 11.1. The number of piperidine rings is 1. The molecule has 1 aromatic rings. The molecule has 2 N–H and O–H groups in total. The van der Waals surface area contributed by atoms with Crippen molar-refractivity contribution >= 4 is 21.8 Å². The summed E-state index contributed by atoms with van der Waals surface area (Å²) in [6.07, 6.45) is 1.41. The van der Waals surface area contributed by atoms with E-state index in [4.69, 9.17) is 0 Å². The van der Waals surface area contributed by atoms with Crippen LogP contribution in [0.2, 0.25) is 0 Å². The highest BCUT2D eigenvalue weighted by Gasteiger charge is 2.20. The molecule has 18 heavy (non-hydrogen) atoms. The first kappa shape index (κ1) is 13.5. The molecule has 1 saturated heterocycles. The molecule has 98 valence electrons. The van der Waals surface area contributed by atoms with E-state index in [-0.39, 0.29) is 23.8 Å².